The monoisotopic (exact) mass is 161 g/mol. The molecule has 0 radical (unpaired) electrons. The Kier molecular flexibility index (Phi) is 47.2. The van der Waals surface area contributed by atoms with Gasteiger partial charge in [-0.15, -0.1) is 0 Å². The first-order chi connectivity index (χ1) is 4.18. The highest BCUT2D eigenvalue weighted by molar-refractivity contribution is 5.66. The van der Waals surface area contributed by atoms with Crippen molar-refractivity contribution in [2.24, 2.45) is 0 Å². The smallest absolute Gasteiger partial charge is 0.303 e. The fourth-order valence-corrected chi connectivity index (χ4v) is 0. The lowest BCUT2D eigenvalue weighted by molar-refractivity contribution is -0.136. The van der Waals surface area contributed by atoms with E-state index in [0.29, 0.717) is 6.54 Å². The van der Waals surface area contributed by atoms with Crippen molar-refractivity contribution in [3.05, 3.63) is 11.4 Å². The van der Waals surface area contributed by atoms with Crippen molar-refractivity contribution in [3.8, 4) is 0 Å². The Morgan fingerprint density at radius 3 is 1.64 bits per heavy atom. The van der Waals surface area contributed by atoms with Crippen LogP contribution in [0.5, 0.6) is 0 Å². The van der Waals surface area contributed by atoms with Crippen LogP contribution in [-0.2, 0) is 4.79 Å². The minimum Gasteiger partial charge on any atom is -0.481 e. The van der Waals surface area contributed by atoms with E-state index in [0.717, 1.165) is 0 Å². The van der Waals surface area contributed by atoms with E-state index in [1.807, 2.05) is 6.92 Å². The number of rotatable bonds is 1. The predicted molar refractivity (Wildman–Crippen MR) is 48.5 cm³/mol. The van der Waals surface area contributed by atoms with Gasteiger partial charge in [0, 0.05) is 13.3 Å². The second-order valence-electron chi connectivity index (χ2n) is 1.22. The van der Waals surface area contributed by atoms with Gasteiger partial charge in [0.05, 0.1) is 0 Å². The summed E-state index contributed by atoms with van der Waals surface area (Å²) in [7, 11) is 0. The maximum absolute atomic E-state index is 9.37. The molecule has 0 saturated carbocycles. The Morgan fingerprint density at radius 1 is 1.45 bits per heavy atom. The molecular weight excluding hydrogens is 142 g/mol. The van der Waals surface area contributed by atoms with Crippen LogP contribution < -0.4 is 0 Å². The number of aliphatic carboxylic acids is 1. The molecule has 3 heteroatoms. The van der Waals surface area contributed by atoms with Gasteiger partial charge < -0.3 is 9.95 Å². The highest BCUT2D eigenvalue weighted by Crippen LogP contribution is 1.67. The summed E-state index contributed by atoms with van der Waals surface area (Å²) in [6.45, 7) is 10.1. The molecule has 0 atom stereocenters. The largest absolute Gasteiger partial charge is 0.481 e. The van der Waals surface area contributed by atoms with Crippen LogP contribution in [0.4, 0.5) is 0 Å². The van der Waals surface area contributed by atoms with Crippen LogP contribution in [0.2, 0.25) is 0 Å². The van der Waals surface area contributed by atoms with Gasteiger partial charge in [0.2, 0.25) is 6.54 Å². The molecule has 11 heavy (non-hydrogen) atoms. The van der Waals surface area contributed by atoms with E-state index < -0.39 is 5.97 Å². The van der Waals surface area contributed by atoms with Crippen LogP contribution in [-0.4, -0.2) is 17.6 Å². The molecule has 0 spiro atoms. The average molecular weight is 161 g/mol. The topological polar surface area (TPSA) is 41.7 Å². The number of hydrogen-bond acceptors (Lipinski definition) is 1. The molecule has 0 aromatic carbocycles. The maximum Gasteiger partial charge on any atom is 0.303 e. The van der Waals surface area contributed by atoms with Crippen LogP contribution in [0.25, 0.3) is 4.85 Å². The molecule has 0 amide bonds. The standard InChI is InChI=1S/C3H5N.C3H6O2.2CH4/c1-3-4-2;1-2-3(4)5;;/h3H2,1H3;2H2,1H3,(H,4,5);2*1H4. The van der Waals surface area contributed by atoms with Gasteiger partial charge in [-0.25, -0.2) is 6.57 Å². The zero-order valence-electron chi connectivity index (χ0n) is 5.72. The number of carboxylic acid groups (broad SMARTS) is 1. The SMILES string of the molecule is C.C.CCC(=O)O.[C-]#[N+]CC. The summed E-state index contributed by atoms with van der Waals surface area (Å²) in [4.78, 5) is 12.4. The summed E-state index contributed by atoms with van der Waals surface area (Å²) in [5.74, 6) is -0.745. The molecule has 0 aliphatic rings. The number of nitrogens with zero attached hydrogens (tertiary/aromatic N) is 1. The average Bonchev–Trinajstić information content (AvgIpc) is 1.89. The lowest BCUT2D eigenvalue weighted by Gasteiger charge is -1.71. The van der Waals surface area contributed by atoms with Crippen LogP contribution >= 0.6 is 0 Å². The van der Waals surface area contributed by atoms with Crippen molar-refractivity contribution in [1.82, 2.24) is 0 Å². The summed E-state index contributed by atoms with van der Waals surface area (Å²) >= 11 is 0. The van der Waals surface area contributed by atoms with Gasteiger partial charge in [0.1, 0.15) is 0 Å². The van der Waals surface area contributed by atoms with Gasteiger partial charge in [-0.3, -0.25) is 4.79 Å². The Bertz CT molecular complexity index is 105. The van der Waals surface area contributed by atoms with Crippen molar-refractivity contribution in [2.75, 3.05) is 6.54 Å². The van der Waals surface area contributed by atoms with Crippen LogP contribution in [0.3, 0.4) is 0 Å². The molecule has 0 saturated heterocycles. The summed E-state index contributed by atoms with van der Waals surface area (Å²) < 4.78 is 0. The Morgan fingerprint density at radius 2 is 1.64 bits per heavy atom. The van der Waals surface area contributed by atoms with E-state index in [9.17, 15) is 4.79 Å². The van der Waals surface area contributed by atoms with E-state index >= 15 is 0 Å². The highest BCUT2D eigenvalue weighted by atomic mass is 16.4. The van der Waals surface area contributed by atoms with Crippen molar-refractivity contribution >= 4 is 5.97 Å². The molecule has 0 aromatic rings. The van der Waals surface area contributed by atoms with Crippen molar-refractivity contribution < 1.29 is 9.90 Å². The van der Waals surface area contributed by atoms with Crippen molar-refractivity contribution in [2.45, 2.75) is 35.1 Å². The number of hydrogen-bond donors (Lipinski definition) is 1. The Labute approximate surface area is 69.9 Å². The van der Waals surface area contributed by atoms with Gasteiger partial charge in [0.25, 0.3) is 0 Å². The Hall–Kier alpha value is -1.04. The molecule has 68 valence electrons. The zero-order valence-corrected chi connectivity index (χ0v) is 5.72. The quantitative estimate of drug-likeness (QED) is 0.601. The molecule has 0 fully saturated rings. The van der Waals surface area contributed by atoms with Gasteiger partial charge in [-0.2, -0.15) is 0 Å². The van der Waals surface area contributed by atoms with Crippen LogP contribution in [0.1, 0.15) is 35.1 Å². The summed E-state index contributed by atoms with van der Waals surface area (Å²) in [6, 6.07) is 0. The highest BCUT2D eigenvalue weighted by Gasteiger charge is 1.80. The maximum atomic E-state index is 9.37. The molecule has 0 aliphatic heterocycles. The van der Waals surface area contributed by atoms with E-state index in [1.54, 1.807) is 6.92 Å². The summed E-state index contributed by atoms with van der Waals surface area (Å²) in [5, 5.41) is 7.72. The fraction of sp³-hybridized carbons (Fsp3) is 0.750. The first kappa shape index (κ1) is 22.5. The van der Waals surface area contributed by atoms with Crippen molar-refractivity contribution in [1.29, 1.82) is 0 Å². The molecule has 0 aromatic heterocycles. The predicted octanol–water partition coefficient (Wildman–Crippen LogP) is 2.68. The van der Waals surface area contributed by atoms with Gasteiger partial charge in [-0.05, 0) is 0 Å². The van der Waals surface area contributed by atoms with Gasteiger partial charge >= 0.3 is 5.97 Å². The summed E-state index contributed by atoms with van der Waals surface area (Å²) in [6.07, 6.45) is 0.222. The zero-order chi connectivity index (χ0) is 7.70. The molecule has 0 unspecified atom stereocenters. The third-order valence-corrected chi connectivity index (χ3v) is 0.461. The van der Waals surface area contributed by atoms with Gasteiger partial charge in [0.15, 0.2) is 0 Å². The first-order valence-electron chi connectivity index (χ1n) is 2.74. The molecule has 1 N–H and O–H groups in total. The molecule has 0 heterocycles. The molecule has 3 nitrogen and oxygen atoms in total. The third kappa shape index (κ3) is 113. The lowest BCUT2D eigenvalue weighted by atomic mass is 10.5. The number of carbonyl (C=O) groups is 1. The van der Waals surface area contributed by atoms with E-state index in [2.05, 4.69) is 4.85 Å². The second-order valence-corrected chi connectivity index (χ2v) is 1.22. The van der Waals surface area contributed by atoms with Gasteiger partial charge in [-0.1, -0.05) is 21.8 Å². The van der Waals surface area contributed by atoms with E-state index in [4.69, 9.17) is 11.7 Å². The van der Waals surface area contributed by atoms with Crippen LogP contribution in [0.15, 0.2) is 0 Å². The third-order valence-electron chi connectivity index (χ3n) is 0.461. The van der Waals surface area contributed by atoms with E-state index in [1.165, 1.54) is 0 Å². The summed E-state index contributed by atoms with van der Waals surface area (Å²) in [5.41, 5.74) is 0. The Balaban J connectivity index is -0.0000000383. The molecular formula is C8H19NO2. The second kappa shape index (κ2) is 23.1. The fourth-order valence-electron chi connectivity index (χ4n) is 0. The molecule has 0 bridgehead atoms. The lowest BCUT2D eigenvalue weighted by Crippen LogP contribution is -1.86. The minimum absolute atomic E-state index is 0. The van der Waals surface area contributed by atoms with Crippen molar-refractivity contribution in [3.63, 3.8) is 0 Å². The minimum atomic E-state index is -0.745. The van der Waals surface area contributed by atoms with E-state index in [-0.39, 0.29) is 21.3 Å². The molecule has 0 rings (SSSR count). The normalized spacial score (nSPS) is 5.18. The van der Waals surface area contributed by atoms with Crippen LogP contribution in [0, 0.1) is 6.57 Å². The number of carboxylic acids is 1. The molecule has 0 aliphatic carbocycles. The first-order valence-corrected chi connectivity index (χ1v) is 2.74.